The fourth-order valence-electron chi connectivity index (χ4n) is 2.24. The molecule has 20 heavy (non-hydrogen) atoms. The fraction of sp³-hybridized carbons (Fsp3) is 0. The number of allylic oxidation sites excluding steroid dienone is 1. The average Bonchev–Trinajstić information content (AvgIpc) is 2.46. The molecule has 5 heteroatoms. The highest BCUT2D eigenvalue weighted by molar-refractivity contribution is 5.98. The molecule has 0 aromatic heterocycles. The van der Waals surface area contributed by atoms with Crippen LogP contribution in [0.1, 0.15) is 15.9 Å². The van der Waals surface area contributed by atoms with Crippen LogP contribution in [0.25, 0.3) is 16.5 Å². The Morgan fingerprint density at radius 1 is 1.20 bits per heavy atom. The van der Waals surface area contributed by atoms with Crippen LogP contribution in [0.15, 0.2) is 54.4 Å². The molecule has 100 valence electrons. The van der Waals surface area contributed by atoms with E-state index in [-0.39, 0.29) is 5.56 Å². The Morgan fingerprint density at radius 3 is 2.80 bits per heavy atom. The minimum absolute atomic E-state index is 0.276. The van der Waals surface area contributed by atoms with E-state index in [1.165, 1.54) is 0 Å². The zero-order valence-corrected chi connectivity index (χ0v) is 10.6. The van der Waals surface area contributed by atoms with Gasteiger partial charge in [-0.05, 0) is 29.0 Å². The molecule has 1 aliphatic rings. The number of nitrogens with one attached hydrogen (secondary N) is 2. The van der Waals surface area contributed by atoms with Gasteiger partial charge in [0, 0.05) is 11.8 Å². The number of carbonyl (C=O) groups is 1. The quantitative estimate of drug-likeness (QED) is 0.666. The largest absolute Gasteiger partial charge is 0.478 e. The molecule has 2 aromatic rings. The topological polar surface area (TPSA) is 87.4 Å². The monoisotopic (exact) mass is 267 g/mol. The van der Waals surface area contributed by atoms with E-state index in [0.29, 0.717) is 5.70 Å². The molecule has 0 unspecified atom stereocenters. The summed E-state index contributed by atoms with van der Waals surface area (Å²) in [4.78, 5) is 11.0. The molecule has 0 bridgehead atoms. The maximum Gasteiger partial charge on any atom is 0.335 e. The predicted octanol–water partition coefficient (Wildman–Crippen LogP) is 1.79. The first kappa shape index (κ1) is 12.1. The highest BCUT2D eigenvalue weighted by Gasteiger charge is 2.10. The van der Waals surface area contributed by atoms with Gasteiger partial charge in [-0.25, -0.2) is 4.79 Å². The van der Waals surface area contributed by atoms with Crippen molar-refractivity contribution in [3.8, 4) is 0 Å². The van der Waals surface area contributed by atoms with Crippen molar-refractivity contribution in [2.24, 2.45) is 5.73 Å². The van der Waals surface area contributed by atoms with Crippen molar-refractivity contribution in [1.82, 2.24) is 10.9 Å². The summed E-state index contributed by atoms with van der Waals surface area (Å²) < 4.78 is 0. The summed E-state index contributed by atoms with van der Waals surface area (Å²) in [5.41, 5.74) is 14.4. The highest BCUT2D eigenvalue weighted by atomic mass is 16.4. The highest BCUT2D eigenvalue weighted by Crippen LogP contribution is 2.25. The molecule has 0 spiro atoms. The van der Waals surface area contributed by atoms with Crippen LogP contribution in [-0.2, 0) is 0 Å². The molecule has 0 saturated heterocycles. The van der Waals surface area contributed by atoms with Crippen LogP contribution in [0.2, 0.25) is 0 Å². The van der Waals surface area contributed by atoms with E-state index in [9.17, 15) is 4.79 Å². The Morgan fingerprint density at radius 2 is 2.05 bits per heavy atom. The second-order valence-corrected chi connectivity index (χ2v) is 4.52. The second kappa shape index (κ2) is 4.62. The lowest BCUT2D eigenvalue weighted by molar-refractivity contribution is 0.0697. The van der Waals surface area contributed by atoms with Crippen molar-refractivity contribution in [2.45, 2.75) is 0 Å². The van der Waals surface area contributed by atoms with Gasteiger partial charge in [0.1, 0.15) is 0 Å². The first-order chi connectivity index (χ1) is 9.65. The predicted molar refractivity (Wildman–Crippen MR) is 77.4 cm³/mol. The number of aromatic carboxylic acids is 1. The molecule has 5 nitrogen and oxygen atoms in total. The molecule has 3 rings (SSSR count). The number of benzene rings is 2. The van der Waals surface area contributed by atoms with Crippen molar-refractivity contribution >= 4 is 22.4 Å². The summed E-state index contributed by atoms with van der Waals surface area (Å²) in [7, 11) is 0. The Hall–Kier alpha value is -2.95. The smallest absolute Gasteiger partial charge is 0.335 e. The van der Waals surface area contributed by atoms with Crippen molar-refractivity contribution < 1.29 is 9.90 Å². The number of fused-ring (bicyclic) bond motifs is 1. The fourth-order valence-corrected chi connectivity index (χ4v) is 2.24. The van der Waals surface area contributed by atoms with Gasteiger partial charge in [0.05, 0.1) is 17.0 Å². The number of hydrogen-bond donors (Lipinski definition) is 4. The maximum absolute atomic E-state index is 11.0. The summed E-state index contributed by atoms with van der Waals surface area (Å²) in [5, 5.41) is 10.9. The standard InChI is InChI=1S/C15H13N3O2/c16-11-7-14(18-17-8-11)13-3-1-2-9-6-10(15(19)20)4-5-12(9)13/h1-8,17-18H,16H2,(H,19,20). The molecule has 0 radical (unpaired) electrons. The van der Waals surface area contributed by atoms with Crippen LogP contribution in [-0.4, -0.2) is 11.1 Å². The molecule has 0 amide bonds. The van der Waals surface area contributed by atoms with E-state index in [1.807, 2.05) is 30.3 Å². The molecule has 0 saturated carbocycles. The van der Waals surface area contributed by atoms with Crippen LogP contribution >= 0.6 is 0 Å². The second-order valence-electron chi connectivity index (χ2n) is 4.52. The van der Waals surface area contributed by atoms with Crippen molar-refractivity contribution in [3.05, 3.63) is 65.5 Å². The van der Waals surface area contributed by atoms with Crippen molar-refractivity contribution in [3.63, 3.8) is 0 Å². The van der Waals surface area contributed by atoms with E-state index in [0.717, 1.165) is 22.0 Å². The van der Waals surface area contributed by atoms with E-state index in [4.69, 9.17) is 10.8 Å². The summed E-state index contributed by atoms with van der Waals surface area (Å²) in [5.74, 6) is -0.929. The Balaban J connectivity index is 2.17. The van der Waals surface area contributed by atoms with Gasteiger partial charge in [0.2, 0.25) is 0 Å². The first-order valence-electron chi connectivity index (χ1n) is 6.10. The van der Waals surface area contributed by atoms with Gasteiger partial charge in [0.15, 0.2) is 0 Å². The van der Waals surface area contributed by atoms with Crippen LogP contribution in [0, 0.1) is 0 Å². The molecule has 0 aliphatic carbocycles. The maximum atomic E-state index is 11.0. The van der Waals surface area contributed by atoms with E-state index in [2.05, 4.69) is 10.9 Å². The molecular formula is C15H13N3O2. The number of nitrogens with two attached hydrogens (primary N) is 1. The van der Waals surface area contributed by atoms with Gasteiger partial charge in [0.25, 0.3) is 0 Å². The summed E-state index contributed by atoms with van der Waals surface area (Å²) in [6, 6.07) is 10.8. The van der Waals surface area contributed by atoms with Crippen LogP contribution in [0.5, 0.6) is 0 Å². The first-order valence-corrected chi connectivity index (χ1v) is 6.10. The average molecular weight is 267 g/mol. The molecule has 2 aromatic carbocycles. The number of carboxylic acids is 1. The van der Waals surface area contributed by atoms with Crippen LogP contribution in [0.4, 0.5) is 0 Å². The third kappa shape index (κ3) is 2.05. The van der Waals surface area contributed by atoms with Crippen LogP contribution < -0.4 is 16.6 Å². The SMILES string of the molecule is NC1=CNNC(c2cccc3cc(C(=O)O)ccc23)=C1. The van der Waals surface area contributed by atoms with Gasteiger partial charge >= 0.3 is 5.97 Å². The Bertz CT molecular complexity index is 763. The summed E-state index contributed by atoms with van der Waals surface area (Å²) >= 11 is 0. The number of rotatable bonds is 2. The van der Waals surface area contributed by atoms with E-state index >= 15 is 0 Å². The Kier molecular flexibility index (Phi) is 2.80. The lowest BCUT2D eigenvalue weighted by atomic mass is 9.99. The minimum Gasteiger partial charge on any atom is -0.478 e. The molecule has 5 N–H and O–H groups in total. The van der Waals surface area contributed by atoms with Gasteiger partial charge in [-0.15, -0.1) is 0 Å². The van der Waals surface area contributed by atoms with Gasteiger partial charge in [-0.3, -0.25) is 0 Å². The van der Waals surface area contributed by atoms with Crippen LogP contribution in [0.3, 0.4) is 0 Å². The lowest BCUT2D eigenvalue weighted by Crippen LogP contribution is -2.29. The van der Waals surface area contributed by atoms with Gasteiger partial charge in [-0.2, -0.15) is 0 Å². The summed E-state index contributed by atoms with van der Waals surface area (Å²) in [6.45, 7) is 0. The van der Waals surface area contributed by atoms with Crippen molar-refractivity contribution in [2.75, 3.05) is 0 Å². The zero-order valence-electron chi connectivity index (χ0n) is 10.6. The molecule has 1 aliphatic heterocycles. The van der Waals surface area contributed by atoms with Gasteiger partial charge < -0.3 is 21.7 Å². The molecule has 1 heterocycles. The lowest BCUT2D eigenvalue weighted by Gasteiger charge is -2.17. The molecule has 0 atom stereocenters. The third-order valence-corrected chi connectivity index (χ3v) is 3.17. The zero-order chi connectivity index (χ0) is 14.1. The molecular weight excluding hydrogens is 254 g/mol. The third-order valence-electron chi connectivity index (χ3n) is 3.17. The minimum atomic E-state index is -0.929. The summed E-state index contributed by atoms with van der Waals surface area (Å²) in [6.07, 6.45) is 3.49. The number of hydrogen-bond acceptors (Lipinski definition) is 4. The van der Waals surface area contributed by atoms with Crippen molar-refractivity contribution in [1.29, 1.82) is 0 Å². The van der Waals surface area contributed by atoms with Gasteiger partial charge in [-0.1, -0.05) is 24.3 Å². The normalized spacial score (nSPS) is 14.0. The Labute approximate surface area is 115 Å². The number of carboxylic acid groups (broad SMARTS) is 1. The molecule has 0 fully saturated rings. The number of hydrazine groups is 1. The van der Waals surface area contributed by atoms with E-state index < -0.39 is 5.97 Å². The van der Waals surface area contributed by atoms with E-state index in [1.54, 1.807) is 18.3 Å².